The molecule has 2 rings (SSSR count). The number of carboxylic acid groups (broad SMARTS) is 1. The minimum atomic E-state index is -0.921. The molecular weight excluding hydrogens is 242 g/mol. The molecule has 0 bridgehead atoms. The minimum absolute atomic E-state index is 0.0935. The van der Waals surface area contributed by atoms with Gasteiger partial charge in [0.2, 0.25) is 0 Å². The van der Waals surface area contributed by atoms with Crippen LogP contribution < -0.4 is 10.1 Å². The molecule has 4 heteroatoms. The van der Waals surface area contributed by atoms with Gasteiger partial charge in [-0.05, 0) is 50.8 Å². The van der Waals surface area contributed by atoms with Crippen LogP contribution in [0.4, 0.5) is 5.69 Å². The number of rotatable bonds is 3. The third-order valence-electron chi connectivity index (χ3n) is 3.49. The van der Waals surface area contributed by atoms with E-state index in [-0.39, 0.29) is 5.54 Å². The van der Waals surface area contributed by atoms with Gasteiger partial charge in [0.1, 0.15) is 5.75 Å². The summed E-state index contributed by atoms with van der Waals surface area (Å²) in [6, 6.07) is 3.56. The van der Waals surface area contributed by atoms with Gasteiger partial charge in [-0.3, -0.25) is 0 Å². The number of ether oxygens (including phenoxy) is 1. The number of carbonyl (C=O) groups is 1. The van der Waals surface area contributed by atoms with Crippen molar-refractivity contribution in [2.75, 3.05) is 11.9 Å². The Hall–Kier alpha value is -1.71. The number of hydrogen-bond acceptors (Lipinski definition) is 3. The van der Waals surface area contributed by atoms with Crippen molar-refractivity contribution in [2.45, 2.75) is 45.6 Å². The monoisotopic (exact) mass is 263 g/mol. The average molecular weight is 263 g/mol. The summed E-state index contributed by atoms with van der Waals surface area (Å²) in [6.07, 6.45) is 0.967. The van der Waals surface area contributed by atoms with Crippen LogP contribution in [0.1, 0.15) is 56.0 Å². The lowest BCUT2D eigenvalue weighted by Crippen LogP contribution is -2.37. The molecule has 4 nitrogen and oxygen atoms in total. The molecule has 1 aliphatic rings. The van der Waals surface area contributed by atoms with Crippen LogP contribution in [0.15, 0.2) is 12.1 Å². The fraction of sp³-hybridized carbons (Fsp3) is 0.533. The first kappa shape index (κ1) is 13.7. The molecular formula is C15H21NO3. The molecule has 1 aliphatic heterocycles. The second-order valence-electron chi connectivity index (χ2n) is 5.79. The molecule has 0 spiro atoms. The fourth-order valence-corrected chi connectivity index (χ4v) is 2.85. The van der Waals surface area contributed by atoms with E-state index in [0.717, 1.165) is 17.7 Å². The van der Waals surface area contributed by atoms with Crippen LogP contribution in [0.3, 0.4) is 0 Å². The maximum atomic E-state index is 11.5. The van der Waals surface area contributed by atoms with E-state index in [4.69, 9.17) is 4.74 Å². The van der Waals surface area contributed by atoms with Crippen molar-refractivity contribution < 1.29 is 14.6 Å². The summed E-state index contributed by atoms with van der Waals surface area (Å²) in [6.45, 7) is 8.74. The molecule has 1 heterocycles. The van der Waals surface area contributed by atoms with Gasteiger partial charge in [0.05, 0.1) is 17.9 Å². The molecule has 1 aromatic carbocycles. The standard InChI is InChI=1S/C15H21NO3/c1-5-19-10-6-11-9(2)8-15(3,4)16-13(11)12(7-10)14(17)18/h6-7,9,16H,5,8H2,1-4H3,(H,17,18). The summed E-state index contributed by atoms with van der Waals surface area (Å²) < 4.78 is 5.47. The summed E-state index contributed by atoms with van der Waals surface area (Å²) in [7, 11) is 0. The Bertz CT molecular complexity index is 508. The zero-order chi connectivity index (χ0) is 14.2. The van der Waals surface area contributed by atoms with Crippen LogP contribution in [0, 0.1) is 0 Å². The molecule has 1 atom stereocenters. The van der Waals surface area contributed by atoms with Crippen LogP contribution in [0.5, 0.6) is 5.75 Å². The molecule has 0 radical (unpaired) electrons. The van der Waals surface area contributed by atoms with Crippen LogP contribution in [-0.2, 0) is 0 Å². The fourth-order valence-electron chi connectivity index (χ4n) is 2.85. The van der Waals surface area contributed by atoms with E-state index in [2.05, 4.69) is 26.1 Å². The Balaban J connectivity index is 2.57. The summed E-state index contributed by atoms with van der Waals surface area (Å²) in [5, 5.41) is 12.7. The van der Waals surface area contributed by atoms with Crippen molar-refractivity contribution in [1.29, 1.82) is 0 Å². The van der Waals surface area contributed by atoms with Gasteiger partial charge in [-0.1, -0.05) is 6.92 Å². The normalized spacial score (nSPS) is 20.3. The van der Waals surface area contributed by atoms with E-state index in [0.29, 0.717) is 23.8 Å². The smallest absolute Gasteiger partial charge is 0.337 e. The predicted molar refractivity (Wildman–Crippen MR) is 75.3 cm³/mol. The molecule has 2 N–H and O–H groups in total. The molecule has 0 aromatic heterocycles. The van der Waals surface area contributed by atoms with Crippen molar-refractivity contribution >= 4 is 11.7 Å². The van der Waals surface area contributed by atoms with E-state index in [1.54, 1.807) is 6.07 Å². The number of nitrogens with one attached hydrogen (secondary N) is 1. The highest BCUT2D eigenvalue weighted by Crippen LogP contribution is 2.42. The van der Waals surface area contributed by atoms with Gasteiger partial charge >= 0.3 is 5.97 Å². The van der Waals surface area contributed by atoms with Crippen molar-refractivity contribution in [3.63, 3.8) is 0 Å². The van der Waals surface area contributed by atoms with Crippen molar-refractivity contribution in [3.8, 4) is 5.75 Å². The first-order valence-electron chi connectivity index (χ1n) is 6.66. The molecule has 0 saturated carbocycles. The topological polar surface area (TPSA) is 58.6 Å². The second-order valence-corrected chi connectivity index (χ2v) is 5.79. The Morgan fingerprint density at radius 1 is 1.53 bits per heavy atom. The van der Waals surface area contributed by atoms with Crippen LogP contribution in [-0.4, -0.2) is 23.2 Å². The SMILES string of the molecule is CCOc1cc(C(=O)O)c2c(c1)C(C)CC(C)(C)N2. The molecule has 1 aromatic rings. The summed E-state index contributed by atoms with van der Waals surface area (Å²) in [5.74, 6) is 0.0203. The Morgan fingerprint density at radius 2 is 2.21 bits per heavy atom. The molecule has 0 aliphatic carbocycles. The Kier molecular flexibility index (Phi) is 3.43. The first-order chi connectivity index (χ1) is 8.84. The van der Waals surface area contributed by atoms with Gasteiger partial charge < -0.3 is 15.2 Å². The predicted octanol–water partition coefficient (Wildman–Crippen LogP) is 3.48. The zero-order valence-corrected chi connectivity index (χ0v) is 11.9. The van der Waals surface area contributed by atoms with Crippen LogP contribution in [0.2, 0.25) is 0 Å². The lowest BCUT2D eigenvalue weighted by atomic mass is 9.81. The van der Waals surface area contributed by atoms with E-state index >= 15 is 0 Å². The molecule has 0 saturated heterocycles. The van der Waals surface area contributed by atoms with Gasteiger partial charge in [0, 0.05) is 5.54 Å². The zero-order valence-electron chi connectivity index (χ0n) is 11.9. The van der Waals surface area contributed by atoms with Gasteiger partial charge in [0.15, 0.2) is 0 Å². The van der Waals surface area contributed by atoms with E-state index in [9.17, 15) is 9.90 Å². The van der Waals surface area contributed by atoms with Gasteiger partial charge in [-0.2, -0.15) is 0 Å². The summed E-state index contributed by atoms with van der Waals surface area (Å²) in [5.41, 5.74) is 1.96. The third-order valence-corrected chi connectivity index (χ3v) is 3.49. The lowest BCUT2D eigenvalue weighted by Gasteiger charge is -2.38. The number of carboxylic acids is 1. The Labute approximate surface area is 113 Å². The van der Waals surface area contributed by atoms with Crippen LogP contribution >= 0.6 is 0 Å². The first-order valence-corrected chi connectivity index (χ1v) is 6.66. The maximum absolute atomic E-state index is 11.5. The summed E-state index contributed by atoms with van der Waals surface area (Å²) in [4.78, 5) is 11.5. The number of hydrogen-bond donors (Lipinski definition) is 2. The van der Waals surface area contributed by atoms with Gasteiger partial charge in [-0.15, -0.1) is 0 Å². The molecule has 0 fully saturated rings. The highest BCUT2D eigenvalue weighted by atomic mass is 16.5. The molecule has 104 valence electrons. The van der Waals surface area contributed by atoms with Gasteiger partial charge in [-0.25, -0.2) is 4.79 Å². The van der Waals surface area contributed by atoms with Crippen molar-refractivity contribution in [1.82, 2.24) is 0 Å². The highest BCUT2D eigenvalue weighted by molar-refractivity contribution is 5.96. The largest absolute Gasteiger partial charge is 0.494 e. The van der Waals surface area contributed by atoms with Gasteiger partial charge in [0.25, 0.3) is 0 Å². The molecule has 1 unspecified atom stereocenters. The van der Waals surface area contributed by atoms with E-state index in [1.807, 2.05) is 13.0 Å². The highest BCUT2D eigenvalue weighted by Gasteiger charge is 2.32. The average Bonchev–Trinajstić information content (AvgIpc) is 2.28. The summed E-state index contributed by atoms with van der Waals surface area (Å²) >= 11 is 0. The number of benzene rings is 1. The Morgan fingerprint density at radius 3 is 2.79 bits per heavy atom. The lowest BCUT2D eigenvalue weighted by molar-refractivity contribution is 0.0697. The van der Waals surface area contributed by atoms with E-state index in [1.165, 1.54) is 0 Å². The maximum Gasteiger partial charge on any atom is 0.337 e. The minimum Gasteiger partial charge on any atom is -0.494 e. The van der Waals surface area contributed by atoms with Crippen LogP contribution in [0.25, 0.3) is 0 Å². The number of aromatic carboxylic acids is 1. The molecule has 0 amide bonds. The van der Waals surface area contributed by atoms with E-state index < -0.39 is 5.97 Å². The quantitative estimate of drug-likeness (QED) is 0.876. The number of anilines is 1. The molecule has 19 heavy (non-hydrogen) atoms. The third kappa shape index (κ3) is 2.67. The van der Waals surface area contributed by atoms with Crippen molar-refractivity contribution in [3.05, 3.63) is 23.3 Å². The second kappa shape index (κ2) is 4.76. The number of fused-ring (bicyclic) bond motifs is 1. The van der Waals surface area contributed by atoms with Crippen molar-refractivity contribution in [2.24, 2.45) is 0 Å².